The maximum atomic E-state index is 12.2. The number of amides is 1. The fourth-order valence-corrected chi connectivity index (χ4v) is 5.99. The van der Waals surface area contributed by atoms with Crippen LogP contribution in [0.15, 0.2) is 54.6 Å². The summed E-state index contributed by atoms with van der Waals surface area (Å²) in [6, 6.07) is 18.6. The minimum atomic E-state index is -1.06. The highest BCUT2D eigenvalue weighted by molar-refractivity contribution is 7.98. The van der Waals surface area contributed by atoms with Gasteiger partial charge in [0.15, 0.2) is 0 Å². The molecule has 220 valence electrons. The number of rotatable bonds is 10. The van der Waals surface area contributed by atoms with Gasteiger partial charge in [-0.1, -0.05) is 93.1 Å². The van der Waals surface area contributed by atoms with E-state index in [1.54, 1.807) is 13.8 Å². The number of aliphatic carboxylic acids is 1. The van der Waals surface area contributed by atoms with E-state index in [-0.39, 0.29) is 0 Å². The Hall–Kier alpha value is -2.51. The maximum Gasteiger partial charge on any atom is 0.408 e. The molecular formula is C33H48N2O4S. The molecule has 0 radical (unpaired) electrons. The molecule has 1 amide bonds. The number of carboxylic acid groups (broad SMARTS) is 1. The number of hydrogen-bond donors (Lipinski definition) is 3. The summed E-state index contributed by atoms with van der Waals surface area (Å²) in [5.41, 5.74) is 2.12. The van der Waals surface area contributed by atoms with Crippen molar-refractivity contribution in [2.45, 2.75) is 108 Å². The number of carboxylic acids is 1. The van der Waals surface area contributed by atoms with Crippen LogP contribution in [-0.2, 0) is 15.1 Å². The van der Waals surface area contributed by atoms with Gasteiger partial charge in [0.25, 0.3) is 0 Å². The molecule has 4 rings (SSSR count). The third kappa shape index (κ3) is 10.8. The molecule has 1 atom stereocenters. The summed E-state index contributed by atoms with van der Waals surface area (Å²) in [7, 11) is 0. The minimum absolute atomic E-state index is 0.345. The van der Waals surface area contributed by atoms with E-state index in [0.29, 0.717) is 12.2 Å². The molecule has 0 aliphatic heterocycles. The first kappa shape index (κ1) is 32.0. The van der Waals surface area contributed by atoms with Crippen molar-refractivity contribution in [1.82, 2.24) is 10.6 Å². The highest BCUT2D eigenvalue weighted by Crippen LogP contribution is 2.28. The van der Waals surface area contributed by atoms with Crippen molar-refractivity contribution in [3.05, 3.63) is 60.2 Å². The van der Waals surface area contributed by atoms with Gasteiger partial charge in [0.2, 0.25) is 0 Å². The number of benzene rings is 2. The zero-order valence-corrected chi connectivity index (χ0v) is 25.3. The Balaban J connectivity index is 0.000000281. The highest BCUT2D eigenvalue weighted by atomic mass is 32.2. The monoisotopic (exact) mass is 568 g/mol. The zero-order chi connectivity index (χ0) is 28.8. The Labute approximate surface area is 245 Å². The molecule has 7 heteroatoms. The second-order valence-corrected chi connectivity index (χ2v) is 12.5. The molecule has 3 N–H and O–H groups in total. The predicted octanol–water partition coefficient (Wildman–Crippen LogP) is 7.76. The van der Waals surface area contributed by atoms with Gasteiger partial charge in [-0.2, -0.15) is 11.8 Å². The number of alkyl carbamates (subject to hydrolysis) is 1. The van der Waals surface area contributed by atoms with E-state index in [2.05, 4.69) is 10.6 Å². The third-order valence-corrected chi connectivity index (χ3v) is 8.56. The molecule has 0 bridgehead atoms. The van der Waals surface area contributed by atoms with Crippen molar-refractivity contribution >= 4 is 23.8 Å². The molecule has 2 aromatic carbocycles. The van der Waals surface area contributed by atoms with Crippen LogP contribution in [-0.4, -0.2) is 47.3 Å². The number of hydrogen-bond acceptors (Lipinski definition) is 5. The fraction of sp³-hybridized carbons (Fsp3) is 0.576. The second-order valence-electron chi connectivity index (χ2n) is 11.5. The van der Waals surface area contributed by atoms with E-state index in [1.807, 2.05) is 60.9 Å². The largest absolute Gasteiger partial charge is 0.480 e. The van der Waals surface area contributed by atoms with Crippen molar-refractivity contribution in [1.29, 1.82) is 0 Å². The summed E-state index contributed by atoms with van der Waals surface area (Å²) < 4.78 is 5.51. The van der Waals surface area contributed by atoms with Crippen molar-refractivity contribution in [3.63, 3.8) is 0 Å². The van der Waals surface area contributed by atoms with Crippen LogP contribution in [0.1, 0.15) is 90.0 Å². The predicted molar refractivity (Wildman–Crippen MR) is 166 cm³/mol. The van der Waals surface area contributed by atoms with Gasteiger partial charge in [0.05, 0.1) is 0 Å². The first-order valence-electron chi connectivity index (χ1n) is 14.9. The average Bonchev–Trinajstić information content (AvgIpc) is 2.97. The van der Waals surface area contributed by atoms with Crippen LogP contribution >= 0.6 is 11.8 Å². The number of carbonyl (C=O) groups is 2. The Morgan fingerprint density at radius 2 is 1.40 bits per heavy atom. The Morgan fingerprint density at radius 3 is 1.90 bits per heavy atom. The topological polar surface area (TPSA) is 87.7 Å². The van der Waals surface area contributed by atoms with Crippen LogP contribution < -0.4 is 10.6 Å². The molecule has 6 nitrogen and oxygen atoms in total. The van der Waals surface area contributed by atoms with Crippen LogP contribution in [0.2, 0.25) is 0 Å². The standard InChI is InChI=1S/C21H25NO4S.C12H23N/c1-21(2,26-20(25)22-18(19(23)24)13-14-27-3)17-11-9-16(10-12-17)15-7-5-4-6-8-15;1-3-7-11(8-4-1)13-12-9-5-2-6-10-12/h4-12,18H,13-14H2,1-3H3,(H,22,25)(H,23,24);11-13H,1-10H2/t18-;/m0./s1. The number of thioether (sulfide) groups is 1. The lowest BCUT2D eigenvalue weighted by Crippen LogP contribution is -2.43. The second kappa shape index (κ2) is 16.7. The number of nitrogens with one attached hydrogen (secondary N) is 2. The molecule has 40 heavy (non-hydrogen) atoms. The zero-order valence-electron chi connectivity index (χ0n) is 24.5. The minimum Gasteiger partial charge on any atom is -0.480 e. The lowest BCUT2D eigenvalue weighted by molar-refractivity contribution is -0.139. The molecule has 0 heterocycles. The molecule has 0 unspecified atom stereocenters. The molecule has 2 saturated carbocycles. The molecule has 0 saturated heterocycles. The lowest BCUT2D eigenvalue weighted by atomic mass is 9.91. The van der Waals surface area contributed by atoms with Crippen molar-refractivity contribution in [3.8, 4) is 11.1 Å². The number of carbonyl (C=O) groups excluding carboxylic acids is 1. The quantitative estimate of drug-likeness (QED) is 0.271. The van der Waals surface area contributed by atoms with Crippen molar-refractivity contribution < 1.29 is 19.4 Å². The maximum absolute atomic E-state index is 12.2. The third-order valence-electron chi connectivity index (χ3n) is 7.92. The lowest BCUT2D eigenvalue weighted by Gasteiger charge is -2.30. The first-order chi connectivity index (χ1) is 19.3. The summed E-state index contributed by atoms with van der Waals surface area (Å²) in [5.74, 6) is -0.423. The van der Waals surface area contributed by atoms with E-state index >= 15 is 0 Å². The summed E-state index contributed by atoms with van der Waals surface area (Å²) in [5, 5.41) is 15.5. The fourth-order valence-electron chi connectivity index (χ4n) is 5.52. The SMILES string of the molecule is C1CCC(NC2CCCCC2)CC1.CSCC[C@H](NC(=O)OC(C)(C)c1ccc(-c2ccccc2)cc1)C(=O)O. The molecule has 0 spiro atoms. The molecular weight excluding hydrogens is 520 g/mol. The smallest absolute Gasteiger partial charge is 0.408 e. The van der Waals surface area contributed by atoms with Gasteiger partial charge < -0.3 is 20.5 Å². The van der Waals surface area contributed by atoms with Crippen LogP contribution in [0.25, 0.3) is 11.1 Å². The van der Waals surface area contributed by atoms with Gasteiger partial charge in [-0.25, -0.2) is 9.59 Å². The summed E-state index contributed by atoms with van der Waals surface area (Å²) in [6.07, 6.45) is 16.1. The van der Waals surface area contributed by atoms with E-state index in [0.717, 1.165) is 28.8 Å². The van der Waals surface area contributed by atoms with Gasteiger partial charge in [0, 0.05) is 12.1 Å². The Morgan fingerprint density at radius 1 is 0.875 bits per heavy atom. The molecule has 2 aliphatic carbocycles. The van der Waals surface area contributed by atoms with Gasteiger partial charge >= 0.3 is 12.1 Å². The molecule has 0 aromatic heterocycles. The van der Waals surface area contributed by atoms with Crippen LogP contribution in [0.3, 0.4) is 0 Å². The highest BCUT2D eigenvalue weighted by Gasteiger charge is 2.28. The Kier molecular flexibility index (Phi) is 13.3. The van der Waals surface area contributed by atoms with Gasteiger partial charge in [-0.05, 0) is 74.7 Å². The van der Waals surface area contributed by atoms with Gasteiger partial charge in [-0.15, -0.1) is 0 Å². The summed E-state index contributed by atoms with van der Waals surface area (Å²) >= 11 is 1.53. The summed E-state index contributed by atoms with van der Waals surface area (Å²) in [6.45, 7) is 3.56. The van der Waals surface area contributed by atoms with Gasteiger partial charge in [-0.3, -0.25) is 0 Å². The van der Waals surface area contributed by atoms with Crippen molar-refractivity contribution in [2.24, 2.45) is 0 Å². The average molecular weight is 569 g/mol. The van der Waals surface area contributed by atoms with Gasteiger partial charge in [0.1, 0.15) is 11.6 Å². The molecule has 2 fully saturated rings. The van der Waals surface area contributed by atoms with Crippen LogP contribution in [0, 0.1) is 0 Å². The van der Waals surface area contributed by atoms with E-state index in [9.17, 15) is 14.7 Å². The number of ether oxygens (including phenoxy) is 1. The van der Waals surface area contributed by atoms with E-state index in [4.69, 9.17) is 4.74 Å². The molecule has 2 aromatic rings. The van der Waals surface area contributed by atoms with E-state index in [1.165, 1.54) is 76.0 Å². The first-order valence-corrected chi connectivity index (χ1v) is 16.3. The van der Waals surface area contributed by atoms with E-state index < -0.39 is 23.7 Å². The normalized spacial score (nSPS) is 17.3. The van der Waals surface area contributed by atoms with Crippen LogP contribution in [0.5, 0.6) is 0 Å². The van der Waals surface area contributed by atoms with Crippen LogP contribution in [0.4, 0.5) is 4.79 Å². The molecule has 2 aliphatic rings. The summed E-state index contributed by atoms with van der Waals surface area (Å²) in [4.78, 5) is 23.5. The van der Waals surface area contributed by atoms with Crippen molar-refractivity contribution in [2.75, 3.05) is 12.0 Å². The Bertz CT molecular complexity index is 1000.